The van der Waals surface area contributed by atoms with E-state index >= 15 is 0 Å². The molecule has 0 N–H and O–H groups in total. The van der Waals surface area contributed by atoms with Crippen molar-refractivity contribution in [1.82, 2.24) is 4.90 Å². The van der Waals surface area contributed by atoms with Crippen LogP contribution in [-0.4, -0.2) is 53.2 Å². The Labute approximate surface area is 127 Å². The van der Waals surface area contributed by atoms with E-state index < -0.39 is 41.2 Å². The molecule has 2 aliphatic heterocycles. The van der Waals surface area contributed by atoms with E-state index in [2.05, 4.69) is 4.74 Å². The van der Waals surface area contributed by atoms with Crippen molar-refractivity contribution in [2.45, 2.75) is 44.4 Å². The lowest BCUT2D eigenvalue weighted by Gasteiger charge is -2.26. The molecule has 120 valence electrons. The van der Waals surface area contributed by atoms with Crippen LogP contribution in [0.4, 0.5) is 4.79 Å². The average Bonchev–Trinajstić information content (AvgIpc) is 2.89. The van der Waals surface area contributed by atoms with E-state index in [4.69, 9.17) is 9.47 Å². The zero-order chi connectivity index (χ0) is 16.7. The molecule has 0 aromatic rings. The summed E-state index contributed by atoms with van der Waals surface area (Å²) >= 11 is 0. The van der Waals surface area contributed by atoms with E-state index in [1.54, 1.807) is 20.8 Å². The Balaban J connectivity index is 2.34. The van der Waals surface area contributed by atoms with Crippen LogP contribution in [0.2, 0.25) is 0 Å². The van der Waals surface area contributed by atoms with Gasteiger partial charge < -0.3 is 14.2 Å². The van der Waals surface area contributed by atoms with Gasteiger partial charge in [0, 0.05) is 12.5 Å². The first kappa shape index (κ1) is 16.0. The van der Waals surface area contributed by atoms with E-state index in [1.807, 2.05) is 0 Å². The van der Waals surface area contributed by atoms with E-state index in [1.165, 1.54) is 6.08 Å². The normalized spacial score (nSPS) is 27.3. The van der Waals surface area contributed by atoms with Crippen molar-refractivity contribution in [1.29, 1.82) is 0 Å². The summed E-state index contributed by atoms with van der Waals surface area (Å²) in [5, 5.41) is 0. The molecular formula is C14H17NO7. The molecule has 0 aromatic carbocycles. The Bertz CT molecular complexity index is 574. The van der Waals surface area contributed by atoms with Crippen molar-refractivity contribution in [3.8, 4) is 0 Å². The molecule has 2 amide bonds. The molecule has 0 aliphatic carbocycles. The minimum Gasteiger partial charge on any atom is -0.467 e. The second kappa shape index (κ2) is 5.11. The minimum atomic E-state index is -1.65. The van der Waals surface area contributed by atoms with Crippen molar-refractivity contribution in [2.75, 3.05) is 7.11 Å². The third kappa shape index (κ3) is 2.68. The van der Waals surface area contributed by atoms with Crippen molar-refractivity contribution in [3.63, 3.8) is 0 Å². The number of hydrogen-bond donors (Lipinski definition) is 0. The van der Waals surface area contributed by atoms with Gasteiger partial charge >= 0.3 is 18.0 Å². The van der Waals surface area contributed by atoms with Gasteiger partial charge in [-0.2, -0.15) is 0 Å². The highest BCUT2D eigenvalue weighted by molar-refractivity contribution is 6.07. The molecule has 0 aromatic heterocycles. The number of hydrogen-bond acceptors (Lipinski definition) is 7. The van der Waals surface area contributed by atoms with Crippen LogP contribution in [0.5, 0.6) is 0 Å². The number of esters is 2. The molecule has 1 spiro atoms. The van der Waals surface area contributed by atoms with Gasteiger partial charge in [0.1, 0.15) is 11.6 Å². The lowest BCUT2D eigenvalue weighted by molar-refractivity contribution is -0.156. The van der Waals surface area contributed by atoms with Gasteiger partial charge in [-0.05, 0) is 26.8 Å². The van der Waals surface area contributed by atoms with Gasteiger partial charge in [0.25, 0.3) is 5.91 Å². The molecule has 2 rings (SSSR count). The van der Waals surface area contributed by atoms with Crippen LogP contribution >= 0.6 is 0 Å². The van der Waals surface area contributed by atoms with Gasteiger partial charge in [-0.3, -0.25) is 4.79 Å². The van der Waals surface area contributed by atoms with Crippen LogP contribution in [0.25, 0.3) is 0 Å². The number of nitrogens with zero attached hydrogens (tertiary/aromatic N) is 1. The summed E-state index contributed by atoms with van der Waals surface area (Å²) in [6.07, 6.45) is 1.16. The SMILES string of the molecule is COC(=O)[C@@H]1CC2(C=CC(=O)O2)C(=O)N1C(=O)OC(C)(C)C. The number of ether oxygens (including phenoxy) is 3. The zero-order valence-electron chi connectivity index (χ0n) is 12.7. The summed E-state index contributed by atoms with van der Waals surface area (Å²) < 4.78 is 14.8. The molecule has 2 aliphatic rings. The molecule has 2 heterocycles. The third-order valence-corrected chi connectivity index (χ3v) is 3.22. The van der Waals surface area contributed by atoms with Gasteiger partial charge in [0.05, 0.1) is 7.11 Å². The van der Waals surface area contributed by atoms with Gasteiger partial charge in [0.15, 0.2) is 0 Å². The molecule has 22 heavy (non-hydrogen) atoms. The minimum absolute atomic E-state index is 0.194. The fourth-order valence-electron chi connectivity index (χ4n) is 2.33. The first-order chi connectivity index (χ1) is 10.1. The first-order valence-electron chi connectivity index (χ1n) is 6.66. The molecule has 0 radical (unpaired) electrons. The molecular weight excluding hydrogens is 294 g/mol. The van der Waals surface area contributed by atoms with E-state index in [9.17, 15) is 19.2 Å². The largest absolute Gasteiger partial charge is 0.467 e. The fraction of sp³-hybridized carbons (Fsp3) is 0.571. The first-order valence-corrected chi connectivity index (χ1v) is 6.66. The summed E-state index contributed by atoms with van der Waals surface area (Å²) in [4.78, 5) is 48.6. The number of rotatable bonds is 1. The second-order valence-corrected chi connectivity index (χ2v) is 6.04. The van der Waals surface area contributed by atoms with Crippen molar-refractivity contribution >= 4 is 23.9 Å². The van der Waals surface area contributed by atoms with E-state index in [0.717, 1.165) is 13.2 Å². The zero-order valence-corrected chi connectivity index (χ0v) is 12.7. The topological polar surface area (TPSA) is 99.2 Å². The van der Waals surface area contributed by atoms with Crippen LogP contribution < -0.4 is 0 Å². The van der Waals surface area contributed by atoms with Crippen molar-refractivity contribution < 1.29 is 33.4 Å². The Kier molecular flexibility index (Phi) is 3.72. The maximum atomic E-state index is 12.5. The quantitative estimate of drug-likeness (QED) is 0.515. The van der Waals surface area contributed by atoms with E-state index in [-0.39, 0.29) is 6.42 Å². The van der Waals surface area contributed by atoms with Gasteiger partial charge in [-0.15, -0.1) is 0 Å². The molecule has 0 saturated carbocycles. The standard InChI is InChI=1S/C14H17NO7/c1-13(2,3)22-12(19)15-8(10(17)20-4)7-14(11(15)18)6-5-9(16)21-14/h5-6,8H,7H2,1-4H3/t8-,14?/m0/s1. The highest BCUT2D eigenvalue weighted by atomic mass is 16.6. The Morgan fingerprint density at radius 1 is 1.36 bits per heavy atom. The highest BCUT2D eigenvalue weighted by Crippen LogP contribution is 2.37. The summed E-state index contributed by atoms with van der Waals surface area (Å²) in [5.74, 6) is -2.31. The number of amides is 2. The monoisotopic (exact) mass is 311 g/mol. The van der Waals surface area contributed by atoms with Gasteiger partial charge in [0.2, 0.25) is 5.60 Å². The maximum Gasteiger partial charge on any atom is 0.418 e. The summed E-state index contributed by atoms with van der Waals surface area (Å²) in [6.45, 7) is 4.89. The maximum absolute atomic E-state index is 12.5. The van der Waals surface area contributed by atoms with E-state index in [0.29, 0.717) is 4.90 Å². The second-order valence-electron chi connectivity index (χ2n) is 6.04. The van der Waals surface area contributed by atoms with Crippen LogP contribution in [0.1, 0.15) is 27.2 Å². The number of carbonyl (C=O) groups is 4. The number of imide groups is 1. The van der Waals surface area contributed by atoms with Crippen LogP contribution in [-0.2, 0) is 28.6 Å². The van der Waals surface area contributed by atoms with Gasteiger partial charge in [-0.1, -0.05) is 0 Å². The Morgan fingerprint density at radius 2 is 2.00 bits per heavy atom. The average molecular weight is 311 g/mol. The molecule has 1 unspecified atom stereocenters. The molecule has 0 bridgehead atoms. The molecule has 2 atom stereocenters. The molecule has 1 saturated heterocycles. The predicted molar refractivity (Wildman–Crippen MR) is 71.5 cm³/mol. The smallest absolute Gasteiger partial charge is 0.418 e. The number of carbonyl (C=O) groups excluding carboxylic acids is 4. The van der Waals surface area contributed by atoms with Crippen molar-refractivity contribution in [3.05, 3.63) is 12.2 Å². The fourth-order valence-corrected chi connectivity index (χ4v) is 2.33. The lowest BCUT2D eigenvalue weighted by atomic mass is 10.0. The molecule has 8 nitrogen and oxygen atoms in total. The molecule has 8 heteroatoms. The van der Waals surface area contributed by atoms with Crippen LogP contribution in [0.3, 0.4) is 0 Å². The molecule has 1 fully saturated rings. The highest BCUT2D eigenvalue weighted by Gasteiger charge is 2.60. The predicted octanol–water partition coefficient (Wildman–Crippen LogP) is 0.547. The van der Waals surface area contributed by atoms with Crippen LogP contribution in [0, 0.1) is 0 Å². The van der Waals surface area contributed by atoms with Crippen molar-refractivity contribution in [2.24, 2.45) is 0 Å². The lowest BCUT2D eigenvalue weighted by Crippen LogP contribution is -2.48. The number of methoxy groups -OCH3 is 1. The summed E-state index contributed by atoms with van der Waals surface area (Å²) in [6, 6.07) is -1.21. The Hall–Kier alpha value is -2.38. The summed E-state index contributed by atoms with van der Waals surface area (Å²) in [5.41, 5.74) is -2.50. The van der Waals surface area contributed by atoms with Crippen LogP contribution in [0.15, 0.2) is 12.2 Å². The van der Waals surface area contributed by atoms with Gasteiger partial charge in [-0.25, -0.2) is 19.3 Å². The third-order valence-electron chi connectivity index (χ3n) is 3.22. The number of likely N-dealkylation sites (tertiary alicyclic amines) is 1. The summed E-state index contributed by atoms with van der Waals surface area (Å²) in [7, 11) is 1.14. The Morgan fingerprint density at radius 3 is 2.45 bits per heavy atom.